The summed E-state index contributed by atoms with van der Waals surface area (Å²) in [6.45, 7) is 2.04. The minimum atomic E-state index is -2.87. The maximum atomic E-state index is 7.11. The lowest BCUT2D eigenvalue weighted by atomic mass is 9.91. The van der Waals surface area contributed by atoms with Gasteiger partial charge in [-0.3, -0.25) is 4.99 Å². The molecule has 0 bridgehead atoms. The molecule has 1 aliphatic heterocycles. The topological polar surface area (TPSA) is 30.8 Å². The van der Waals surface area contributed by atoms with E-state index in [-0.39, 0.29) is 12.0 Å². The Morgan fingerprint density at radius 2 is 1.41 bits per heavy atom. The summed E-state index contributed by atoms with van der Waals surface area (Å²) in [5.41, 5.74) is 1.02. The standard InChI is InChI=1S/C22H17OSi.C10H11NO.Al/c23-24(20-11-3-1-4-12-20,21-13-5-2-6-14-21)22-16-15-18-9-7-8-10-19(18)17-22;1-7-5-6-8-3-2-4-9(12)10(8)11-7;/h1-17H;2-6,8,10,12H,1H3;/q-1;;+2/p-1. The molecule has 0 fully saturated rings. The van der Waals surface area contributed by atoms with Crippen LogP contribution in [0.25, 0.3) is 10.8 Å². The van der Waals surface area contributed by atoms with E-state index in [9.17, 15) is 0 Å². The number of rotatable bonds is 7. The van der Waals surface area contributed by atoms with E-state index in [1.807, 2.05) is 13.0 Å². The minimum Gasteiger partial charge on any atom is -0.628 e. The number of fused-ring (bicyclic) bond motifs is 2. The number of hydrogen-bond acceptors (Lipinski definition) is 3. The number of dihydropyridines is 1. The molecule has 4 aromatic carbocycles. The third kappa shape index (κ3) is 4.68. The molecule has 1 radical (unpaired) electrons. The minimum absolute atomic E-state index is 0.0173. The second-order valence-corrected chi connectivity index (χ2v) is 13.9. The fraction of sp³-hybridized carbons (Fsp3) is 0.0938. The molecule has 179 valence electrons. The van der Waals surface area contributed by atoms with E-state index in [0.717, 1.165) is 11.5 Å². The largest absolute Gasteiger partial charge is 0.763 e. The number of aliphatic imine (C=N–C) groups is 1. The van der Waals surface area contributed by atoms with Crippen LogP contribution in [0.5, 0.6) is 0 Å². The summed E-state index contributed by atoms with van der Waals surface area (Å²) >= 11 is -0.794. The Labute approximate surface area is 226 Å². The van der Waals surface area contributed by atoms with Crippen molar-refractivity contribution in [3.63, 3.8) is 0 Å². The van der Waals surface area contributed by atoms with E-state index in [1.165, 1.54) is 26.3 Å². The second-order valence-electron chi connectivity index (χ2n) is 9.41. The maximum Gasteiger partial charge on any atom is 0.763 e. The van der Waals surface area contributed by atoms with Gasteiger partial charge in [-0.05, 0) is 45.4 Å². The van der Waals surface area contributed by atoms with Crippen molar-refractivity contribution < 1.29 is 7.27 Å². The fourth-order valence-corrected chi connectivity index (χ4v) is 11.0. The molecular weight excluding hydrogens is 485 g/mol. The highest BCUT2D eigenvalue weighted by Gasteiger charge is 2.42. The normalized spacial score (nSPS) is 18.6. The molecule has 0 spiro atoms. The number of benzene rings is 4. The van der Waals surface area contributed by atoms with E-state index in [2.05, 4.69) is 127 Å². The van der Waals surface area contributed by atoms with Crippen LogP contribution in [0.3, 0.4) is 0 Å². The van der Waals surface area contributed by atoms with Gasteiger partial charge in [-0.15, -0.1) is 0 Å². The zero-order valence-corrected chi connectivity index (χ0v) is 22.9. The van der Waals surface area contributed by atoms with Gasteiger partial charge in [0.15, 0.2) is 0 Å². The molecule has 0 saturated carbocycles. The van der Waals surface area contributed by atoms with Gasteiger partial charge in [-0.1, -0.05) is 121 Å². The van der Waals surface area contributed by atoms with E-state index < -0.39 is 24.2 Å². The molecule has 37 heavy (non-hydrogen) atoms. The lowest BCUT2D eigenvalue weighted by molar-refractivity contribution is 0.334. The summed E-state index contributed by atoms with van der Waals surface area (Å²) < 4.78 is 13.6. The molecule has 2 aliphatic rings. The SMILES string of the molecule is CC1=NC2C([O][Al][O][Si](c3ccccc3)(c3ccccc3)c3ccc4ccccc4c3)=CC=CC2C=C1. The molecule has 5 heteroatoms. The Balaban J connectivity index is 1.42. The Hall–Kier alpha value is -3.46. The van der Waals surface area contributed by atoms with Gasteiger partial charge in [0.2, 0.25) is 0 Å². The van der Waals surface area contributed by atoms with Crippen molar-refractivity contribution in [1.82, 2.24) is 0 Å². The van der Waals surface area contributed by atoms with Crippen molar-refractivity contribution in [1.29, 1.82) is 0 Å². The molecule has 1 aliphatic carbocycles. The van der Waals surface area contributed by atoms with Gasteiger partial charge in [-0.2, -0.15) is 0 Å². The zero-order chi connectivity index (χ0) is 25.1. The van der Waals surface area contributed by atoms with Crippen molar-refractivity contribution in [3.8, 4) is 0 Å². The lowest BCUT2D eigenvalue weighted by Gasteiger charge is -2.35. The van der Waals surface area contributed by atoms with Gasteiger partial charge in [0.1, 0.15) is 6.04 Å². The highest BCUT2D eigenvalue weighted by Crippen LogP contribution is 2.27. The molecule has 4 aromatic rings. The van der Waals surface area contributed by atoms with Crippen LogP contribution in [-0.4, -0.2) is 36.0 Å². The first-order valence-electron chi connectivity index (χ1n) is 12.6. The molecule has 0 saturated heterocycles. The van der Waals surface area contributed by atoms with Crippen LogP contribution in [0, 0.1) is 5.92 Å². The van der Waals surface area contributed by atoms with Crippen LogP contribution in [0.4, 0.5) is 0 Å². The predicted octanol–water partition coefficient (Wildman–Crippen LogP) is 4.84. The summed E-state index contributed by atoms with van der Waals surface area (Å²) in [5, 5.41) is 6.06. The monoisotopic (exact) mass is 512 g/mol. The molecule has 2 atom stereocenters. The van der Waals surface area contributed by atoms with E-state index >= 15 is 0 Å². The second kappa shape index (κ2) is 10.5. The first-order chi connectivity index (χ1) is 18.2. The summed E-state index contributed by atoms with van der Waals surface area (Å²) in [4.78, 5) is 4.86. The van der Waals surface area contributed by atoms with Crippen molar-refractivity contribution >= 4 is 56.2 Å². The molecule has 6 rings (SSSR count). The van der Waals surface area contributed by atoms with Gasteiger partial charge in [0.25, 0.3) is 8.32 Å². The third-order valence-corrected chi connectivity index (χ3v) is 12.7. The molecular formula is C32H27AlNO2Si. The average molecular weight is 513 g/mol. The Morgan fingerprint density at radius 1 is 0.730 bits per heavy atom. The fourth-order valence-electron chi connectivity index (χ4n) is 5.22. The predicted molar refractivity (Wildman–Crippen MR) is 156 cm³/mol. The van der Waals surface area contributed by atoms with Gasteiger partial charge in [0, 0.05) is 11.6 Å². The highest BCUT2D eigenvalue weighted by atomic mass is 28.4. The lowest BCUT2D eigenvalue weighted by Crippen LogP contribution is -2.69. The van der Waals surface area contributed by atoms with E-state index in [0.29, 0.717) is 0 Å². The van der Waals surface area contributed by atoms with Crippen LogP contribution in [-0.2, 0) is 7.27 Å². The molecule has 0 N–H and O–H groups in total. The maximum absolute atomic E-state index is 7.11. The first kappa shape index (κ1) is 23.9. The average Bonchev–Trinajstić information content (AvgIpc) is 2.96. The summed E-state index contributed by atoms with van der Waals surface area (Å²) in [5.74, 6) is 1.11. The van der Waals surface area contributed by atoms with Crippen LogP contribution in [0.1, 0.15) is 6.92 Å². The molecule has 2 unspecified atom stereocenters. The van der Waals surface area contributed by atoms with Crippen LogP contribution < -0.4 is 15.6 Å². The molecule has 1 heterocycles. The quantitative estimate of drug-likeness (QED) is 0.262. The number of allylic oxidation sites excluding steroid dienone is 3. The van der Waals surface area contributed by atoms with E-state index in [4.69, 9.17) is 12.3 Å². The molecule has 3 nitrogen and oxygen atoms in total. The first-order valence-corrected chi connectivity index (χ1v) is 15.5. The Bertz CT molecular complexity index is 1490. The van der Waals surface area contributed by atoms with Crippen molar-refractivity contribution in [2.45, 2.75) is 13.0 Å². The molecule has 0 aromatic heterocycles. The Morgan fingerprint density at radius 3 is 2.14 bits per heavy atom. The molecule has 0 amide bonds. The number of hydrogen-bond donors (Lipinski definition) is 0. The van der Waals surface area contributed by atoms with E-state index in [1.54, 1.807) is 0 Å². The summed E-state index contributed by atoms with van der Waals surface area (Å²) in [7, 11) is -2.87. The van der Waals surface area contributed by atoms with Crippen molar-refractivity contribution in [2.75, 3.05) is 0 Å². The highest BCUT2D eigenvalue weighted by molar-refractivity contribution is 7.08. The smallest absolute Gasteiger partial charge is 0.628 e. The van der Waals surface area contributed by atoms with Crippen LogP contribution in [0.2, 0.25) is 0 Å². The van der Waals surface area contributed by atoms with Crippen LogP contribution >= 0.6 is 0 Å². The zero-order valence-electron chi connectivity index (χ0n) is 20.7. The summed E-state index contributed by atoms with van der Waals surface area (Å²) in [6.07, 6.45) is 10.6. The Kier molecular flexibility index (Phi) is 6.78. The van der Waals surface area contributed by atoms with Crippen LogP contribution in [0.15, 0.2) is 144 Å². The van der Waals surface area contributed by atoms with Crippen molar-refractivity contribution in [3.05, 3.63) is 139 Å². The van der Waals surface area contributed by atoms with Crippen molar-refractivity contribution in [2.24, 2.45) is 10.9 Å². The third-order valence-electron chi connectivity index (χ3n) is 7.08. The van der Waals surface area contributed by atoms with Gasteiger partial charge in [-0.25, -0.2) is 0 Å². The van der Waals surface area contributed by atoms with Gasteiger partial charge in [0.05, 0.1) is 5.76 Å². The summed E-state index contributed by atoms with van der Waals surface area (Å²) in [6, 6.07) is 36.6. The van der Waals surface area contributed by atoms with Gasteiger partial charge < -0.3 is 7.27 Å². The van der Waals surface area contributed by atoms with Gasteiger partial charge >= 0.3 is 15.9 Å². The number of nitrogens with zero attached hydrogens (tertiary/aromatic N) is 1.